The van der Waals surface area contributed by atoms with Crippen molar-refractivity contribution in [3.05, 3.63) is 35.9 Å². The van der Waals surface area contributed by atoms with Crippen molar-refractivity contribution >= 4 is 13.9 Å². The van der Waals surface area contributed by atoms with E-state index in [0.717, 1.165) is 5.56 Å². The maximum absolute atomic E-state index is 12.5. The highest BCUT2D eigenvalue weighted by atomic mass is 28.3. The molecule has 23 heavy (non-hydrogen) atoms. The summed E-state index contributed by atoms with van der Waals surface area (Å²) in [5.74, 6) is 0.0555. The fourth-order valence-electron chi connectivity index (χ4n) is 3.24. The first-order valence-electron chi connectivity index (χ1n) is 8.27. The molecule has 1 N–H and O–H groups in total. The molecule has 0 aromatic heterocycles. The molecular weight excluding hydrogens is 304 g/mol. The highest BCUT2D eigenvalue weighted by molar-refractivity contribution is 6.87. The van der Waals surface area contributed by atoms with Crippen LogP contribution in [0.2, 0.25) is 16.6 Å². The number of hydrogen-bond donors (Lipinski definition) is 1. The van der Waals surface area contributed by atoms with Crippen LogP contribution in [0, 0.1) is 0 Å². The third-order valence-corrected chi connectivity index (χ3v) is 13.0. The molecule has 0 aliphatic rings. The summed E-state index contributed by atoms with van der Waals surface area (Å²) in [7, 11) is -2.31. The van der Waals surface area contributed by atoms with Gasteiger partial charge in [0.2, 0.25) is 0 Å². The minimum atomic E-state index is -2.31. The van der Waals surface area contributed by atoms with Crippen molar-refractivity contribution in [1.82, 2.24) is 0 Å². The largest absolute Gasteiger partial charge is 0.393 e. The fraction of sp³-hybridized carbons (Fsp3) is 0.632. The Morgan fingerprint density at radius 3 is 2.13 bits per heavy atom. The Bertz CT molecular complexity index is 521. The van der Waals surface area contributed by atoms with Crippen LogP contribution in [-0.4, -0.2) is 31.3 Å². The SMILES string of the molecule is CC(=O)[C@@](C)([C@H](C)O)[Si@](C)(COCc1ccccc1)C(C)(C)C. The summed E-state index contributed by atoms with van der Waals surface area (Å²) in [5, 5.41) is 9.61. The lowest BCUT2D eigenvalue weighted by atomic mass is 10.0. The first-order chi connectivity index (χ1) is 10.5. The highest BCUT2D eigenvalue weighted by Crippen LogP contribution is 2.54. The minimum absolute atomic E-state index is 0.0555. The second-order valence-corrected chi connectivity index (χ2v) is 13.5. The number of aliphatic hydroxyl groups excluding tert-OH is 1. The molecule has 0 saturated carbocycles. The Morgan fingerprint density at radius 2 is 1.74 bits per heavy atom. The van der Waals surface area contributed by atoms with E-state index in [2.05, 4.69) is 27.3 Å². The lowest BCUT2D eigenvalue weighted by Gasteiger charge is -2.52. The molecule has 0 fully saturated rings. The van der Waals surface area contributed by atoms with Crippen molar-refractivity contribution in [3.63, 3.8) is 0 Å². The van der Waals surface area contributed by atoms with E-state index in [1.165, 1.54) is 0 Å². The Kier molecular flexibility index (Phi) is 6.36. The van der Waals surface area contributed by atoms with Crippen LogP contribution >= 0.6 is 0 Å². The van der Waals surface area contributed by atoms with Crippen LogP contribution in [0.25, 0.3) is 0 Å². The number of ether oxygens (including phenoxy) is 1. The van der Waals surface area contributed by atoms with Crippen LogP contribution < -0.4 is 0 Å². The van der Waals surface area contributed by atoms with Crippen molar-refractivity contribution in [1.29, 1.82) is 0 Å². The van der Waals surface area contributed by atoms with Crippen molar-refractivity contribution in [2.45, 2.75) is 70.9 Å². The summed E-state index contributed by atoms with van der Waals surface area (Å²) < 4.78 is 6.06. The molecule has 1 aromatic rings. The molecule has 0 spiro atoms. The van der Waals surface area contributed by atoms with Gasteiger partial charge in [0.25, 0.3) is 0 Å². The van der Waals surface area contributed by atoms with Gasteiger partial charge in [0, 0.05) is 11.3 Å². The Hall–Kier alpha value is -0.973. The summed E-state index contributed by atoms with van der Waals surface area (Å²) in [6.07, 6.45) is -0.136. The summed E-state index contributed by atoms with van der Waals surface area (Å²) >= 11 is 0. The van der Waals surface area contributed by atoms with E-state index in [4.69, 9.17) is 4.74 Å². The molecule has 4 heteroatoms. The Balaban J connectivity index is 3.06. The number of aliphatic hydroxyl groups is 1. The molecule has 0 heterocycles. The third kappa shape index (κ3) is 3.93. The van der Waals surface area contributed by atoms with Crippen LogP contribution in [0.1, 0.15) is 47.1 Å². The Labute approximate surface area is 142 Å². The van der Waals surface area contributed by atoms with Gasteiger partial charge in [-0.1, -0.05) is 64.6 Å². The number of carbonyl (C=O) groups excluding carboxylic acids is 1. The zero-order chi connectivity index (χ0) is 17.9. The van der Waals surface area contributed by atoms with Crippen molar-refractivity contribution < 1.29 is 14.6 Å². The van der Waals surface area contributed by atoms with Gasteiger partial charge in [-0.2, -0.15) is 0 Å². The van der Waals surface area contributed by atoms with Crippen LogP contribution in [0.15, 0.2) is 30.3 Å². The fourth-order valence-corrected chi connectivity index (χ4v) is 7.74. The van der Waals surface area contributed by atoms with Crippen molar-refractivity contribution in [2.24, 2.45) is 0 Å². The van der Waals surface area contributed by atoms with Crippen LogP contribution in [0.5, 0.6) is 0 Å². The molecule has 1 rings (SSSR count). The monoisotopic (exact) mass is 336 g/mol. The molecule has 0 bridgehead atoms. The smallest absolute Gasteiger partial charge is 0.135 e. The van der Waals surface area contributed by atoms with Crippen LogP contribution in [0.3, 0.4) is 0 Å². The molecule has 0 amide bonds. The normalized spacial score (nSPS) is 18.8. The first-order valence-corrected chi connectivity index (χ1v) is 11.0. The van der Waals surface area contributed by atoms with Crippen LogP contribution in [-0.2, 0) is 16.1 Å². The number of carbonyl (C=O) groups is 1. The second kappa shape index (κ2) is 7.28. The number of hydrogen-bond acceptors (Lipinski definition) is 3. The average Bonchev–Trinajstić information content (AvgIpc) is 2.45. The zero-order valence-corrected chi connectivity index (χ0v) is 16.6. The number of benzene rings is 1. The minimum Gasteiger partial charge on any atom is -0.393 e. The predicted molar refractivity (Wildman–Crippen MR) is 98.2 cm³/mol. The number of ketones is 1. The van der Waals surface area contributed by atoms with Crippen molar-refractivity contribution in [3.8, 4) is 0 Å². The van der Waals surface area contributed by atoms with Gasteiger partial charge in [0.15, 0.2) is 0 Å². The molecule has 0 unspecified atom stereocenters. The van der Waals surface area contributed by atoms with E-state index >= 15 is 0 Å². The quantitative estimate of drug-likeness (QED) is 0.753. The van der Waals surface area contributed by atoms with E-state index in [0.29, 0.717) is 12.8 Å². The molecule has 3 atom stereocenters. The van der Waals surface area contributed by atoms with Gasteiger partial charge in [0.05, 0.1) is 12.7 Å². The maximum Gasteiger partial charge on any atom is 0.135 e. The topological polar surface area (TPSA) is 46.5 Å². The van der Waals surface area contributed by atoms with Gasteiger partial charge in [-0.3, -0.25) is 4.79 Å². The summed E-state index contributed by atoms with van der Waals surface area (Å²) in [4.78, 5) is 12.5. The van der Waals surface area contributed by atoms with E-state index in [1.54, 1.807) is 13.8 Å². The molecular formula is C19H32O3Si. The first kappa shape index (κ1) is 20.1. The van der Waals surface area contributed by atoms with Gasteiger partial charge >= 0.3 is 0 Å². The van der Waals surface area contributed by atoms with Crippen molar-refractivity contribution in [2.75, 3.05) is 6.23 Å². The lowest BCUT2D eigenvalue weighted by molar-refractivity contribution is -0.122. The highest BCUT2D eigenvalue weighted by Gasteiger charge is 2.58. The molecule has 0 saturated heterocycles. The molecule has 130 valence electrons. The number of rotatable bonds is 7. The van der Waals surface area contributed by atoms with Gasteiger partial charge in [0.1, 0.15) is 13.9 Å². The molecule has 0 aliphatic heterocycles. The number of Topliss-reactive ketones (excluding diaryl/α,β-unsaturated/α-hetero) is 1. The molecule has 1 aromatic carbocycles. The maximum atomic E-state index is 12.5. The van der Waals surface area contributed by atoms with E-state index < -0.39 is 19.2 Å². The van der Waals surface area contributed by atoms with Crippen LogP contribution in [0.4, 0.5) is 0 Å². The van der Waals surface area contributed by atoms with E-state index in [1.807, 2.05) is 37.3 Å². The second-order valence-electron chi connectivity index (χ2n) is 8.00. The van der Waals surface area contributed by atoms with E-state index in [9.17, 15) is 9.90 Å². The van der Waals surface area contributed by atoms with Gasteiger partial charge in [-0.25, -0.2) is 0 Å². The average molecular weight is 337 g/mol. The third-order valence-electron chi connectivity index (χ3n) is 5.87. The lowest BCUT2D eigenvalue weighted by Crippen LogP contribution is -2.61. The predicted octanol–water partition coefficient (Wildman–Crippen LogP) is 4.35. The Morgan fingerprint density at radius 1 is 1.22 bits per heavy atom. The molecule has 3 nitrogen and oxygen atoms in total. The zero-order valence-electron chi connectivity index (χ0n) is 15.6. The summed E-state index contributed by atoms with van der Waals surface area (Å²) in [5.41, 5.74) is 1.12. The standard InChI is InChI=1S/C19H32O3Si/c1-15(20)19(6,16(2)21)23(7,18(3,4)5)14-22-13-17-11-9-8-10-12-17/h8-12,15,20H,13-14H2,1-7H3/t15-,19+,23+/m0/s1. The molecule has 0 radical (unpaired) electrons. The summed E-state index contributed by atoms with van der Waals surface area (Å²) in [6, 6.07) is 10.0. The molecule has 0 aliphatic carbocycles. The van der Waals surface area contributed by atoms with Gasteiger partial charge < -0.3 is 9.84 Å². The van der Waals surface area contributed by atoms with Gasteiger partial charge in [-0.05, 0) is 24.4 Å². The van der Waals surface area contributed by atoms with Gasteiger partial charge in [-0.15, -0.1) is 0 Å². The van der Waals surface area contributed by atoms with E-state index in [-0.39, 0.29) is 10.8 Å². The summed E-state index contributed by atoms with van der Waals surface area (Å²) in [6.45, 7) is 14.5.